The maximum atomic E-state index is 10.0. The van der Waals surface area contributed by atoms with E-state index in [9.17, 15) is 5.11 Å². The number of rotatable bonds is 5. The lowest BCUT2D eigenvalue weighted by Crippen LogP contribution is -1.87. The minimum atomic E-state index is 0.158. The van der Waals surface area contributed by atoms with Gasteiger partial charge in [-0.25, -0.2) is 0 Å². The van der Waals surface area contributed by atoms with Crippen LogP contribution in [0, 0.1) is 0 Å². The maximum absolute atomic E-state index is 10.0. The number of aliphatic hydroxyl groups excluding tert-OH is 1. The average Bonchev–Trinajstić information content (AvgIpc) is 3.02. The summed E-state index contributed by atoms with van der Waals surface area (Å²) >= 11 is 4.56. The Balaban J connectivity index is 1.64. The monoisotopic (exact) mass is 388 g/mol. The Morgan fingerprint density at radius 3 is 2.57 bits per heavy atom. The van der Waals surface area contributed by atoms with Crippen LogP contribution in [-0.2, 0) is 6.42 Å². The SMILES string of the molecule is OC(=CSc1nnc(Cc2ccccc2)o1)c1ccc(Br)cc1. The van der Waals surface area contributed by atoms with Crippen LogP contribution in [0.2, 0.25) is 0 Å². The highest BCUT2D eigenvalue weighted by Gasteiger charge is 2.07. The van der Waals surface area contributed by atoms with Gasteiger partial charge in [0.25, 0.3) is 5.22 Å². The number of halogens is 1. The molecule has 116 valence electrons. The lowest BCUT2D eigenvalue weighted by Gasteiger charge is -1.99. The lowest BCUT2D eigenvalue weighted by molar-refractivity contribution is 0.421. The molecule has 0 bridgehead atoms. The fourth-order valence-corrected chi connectivity index (χ4v) is 2.77. The van der Waals surface area contributed by atoms with Crippen LogP contribution >= 0.6 is 27.7 Å². The molecule has 3 aromatic rings. The average molecular weight is 389 g/mol. The Hall–Kier alpha value is -2.05. The molecule has 0 atom stereocenters. The standard InChI is InChI=1S/C17H13BrN2O2S/c18-14-8-6-13(7-9-14)15(21)11-23-17-20-19-16(22-17)10-12-4-2-1-3-5-12/h1-9,11,21H,10H2. The Bertz CT molecular complexity index is 801. The summed E-state index contributed by atoms with van der Waals surface area (Å²) in [5.74, 6) is 0.709. The zero-order valence-electron chi connectivity index (χ0n) is 12.0. The van der Waals surface area contributed by atoms with Gasteiger partial charge in [0, 0.05) is 15.4 Å². The van der Waals surface area contributed by atoms with Crippen LogP contribution in [0.3, 0.4) is 0 Å². The first kappa shape index (κ1) is 15.8. The molecule has 0 aliphatic heterocycles. The number of nitrogens with zero attached hydrogens (tertiary/aromatic N) is 2. The van der Waals surface area contributed by atoms with Gasteiger partial charge in [-0.05, 0) is 29.5 Å². The van der Waals surface area contributed by atoms with E-state index in [1.807, 2.05) is 54.6 Å². The topological polar surface area (TPSA) is 59.2 Å². The van der Waals surface area contributed by atoms with Crippen LogP contribution in [0.25, 0.3) is 5.76 Å². The normalized spacial score (nSPS) is 11.6. The van der Waals surface area contributed by atoms with Crippen molar-refractivity contribution >= 4 is 33.5 Å². The van der Waals surface area contributed by atoms with E-state index in [-0.39, 0.29) is 5.76 Å². The summed E-state index contributed by atoms with van der Waals surface area (Å²) in [6.45, 7) is 0. The molecular weight excluding hydrogens is 376 g/mol. The van der Waals surface area contributed by atoms with Gasteiger partial charge in [-0.15, -0.1) is 10.2 Å². The second-order valence-electron chi connectivity index (χ2n) is 4.75. The van der Waals surface area contributed by atoms with Gasteiger partial charge in [-0.1, -0.05) is 58.4 Å². The van der Waals surface area contributed by atoms with Gasteiger partial charge < -0.3 is 9.52 Å². The second kappa shape index (κ2) is 7.48. The molecule has 0 fully saturated rings. The molecule has 0 saturated carbocycles. The van der Waals surface area contributed by atoms with Gasteiger partial charge in [0.05, 0.1) is 6.42 Å². The van der Waals surface area contributed by atoms with E-state index in [1.165, 1.54) is 11.8 Å². The van der Waals surface area contributed by atoms with E-state index < -0.39 is 0 Å². The summed E-state index contributed by atoms with van der Waals surface area (Å²) < 4.78 is 6.53. The van der Waals surface area contributed by atoms with Crippen LogP contribution in [0.15, 0.2) is 74.1 Å². The number of aliphatic hydroxyl groups is 1. The molecule has 3 rings (SSSR count). The molecule has 23 heavy (non-hydrogen) atoms. The van der Waals surface area contributed by atoms with E-state index in [1.54, 1.807) is 5.41 Å². The third kappa shape index (κ3) is 4.46. The van der Waals surface area contributed by atoms with Crippen LogP contribution in [0.1, 0.15) is 17.0 Å². The van der Waals surface area contributed by atoms with Gasteiger partial charge in [-0.2, -0.15) is 0 Å². The van der Waals surface area contributed by atoms with Crippen molar-refractivity contribution in [3.8, 4) is 0 Å². The van der Waals surface area contributed by atoms with Crippen LogP contribution in [0.4, 0.5) is 0 Å². The van der Waals surface area contributed by atoms with E-state index in [0.29, 0.717) is 17.5 Å². The largest absolute Gasteiger partial charge is 0.507 e. The molecule has 6 heteroatoms. The van der Waals surface area contributed by atoms with Gasteiger partial charge in [-0.3, -0.25) is 0 Å². The van der Waals surface area contributed by atoms with Crippen LogP contribution in [-0.4, -0.2) is 15.3 Å². The highest BCUT2D eigenvalue weighted by molar-refractivity contribution is 9.10. The van der Waals surface area contributed by atoms with E-state index in [0.717, 1.165) is 15.6 Å². The first-order chi connectivity index (χ1) is 11.2. The van der Waals surface area contributed by atoms with Crippen molar-refractivity contribution in [2.45, 2.75) is 11.6 Å². The number of benzene rings is 2. The molecule has 1 N–H and O–H groups in total. The van der Waals surface area contributed by atoms with Gasteiger partial charge >= 0.3 is 0 Å². The van der Waals surface area contributed by atoms with Crippen molar-refractivity contribution in [3.05, 3.63) is 81.5 Å². The molecule has 1 aromatic heterocycles. The van der Waals surface area contributed by atoms with Crippen LogP contribution in [0.5, 0.6) is 0 Å². The Kier molecular flexibility index (Phi) is 5.15. The smallest absolute Gasteiger partial charge is 0.281 e. The zero-order chi connectivity index (χ0) is 16.1. The van der Waals surface area contributed by atoms with Crippen molar-refractivity contribution < 1.29 is 9.52 Å². The molecule has 4 nitrogen and oxygen atoms in total. The minimum absolute atomic E-state index is 0.158. The summed E-state index contributed by atoms with van der Waals surface area (Å²) in [5, 5.41) is 20.0. The van der Waals surface area contributed by atoms with Crippen molar-refractivity contribution in [3.63, 3.8) is 0 Å². The zero-order valence-corrected chi connectivity index (χ0v) is 14.4. The van der Waals surface area contributed by atoms with Gasteiger partial charge in [0.2, 0.25) is 5.89 Å². The molecule has 0 amide bonds. The number of hydrogen-bond donors (Lipinski definition) is 1. The number of aromatic nitrogens is 2. The molecule has 0 saturated heterocycles. The first-order valence-corrected chi connectivity index (χ1v) is 8.56. The highest BCUT2D eigenvalue weighted by atomic mass is 79.9. The van der Waals surface area contributed by atoms with Crippen molar-refractivity contribution in [2.24, 2.45) is 0 Å². The Morgan fingerprint density at radius 1 is 1.09 bits per heavy atom. The predicted octanol–water partition coefficient (Wildman–Crippen LogP) is 5.07. The lowest BCUT2D eigenvalue weighted by atomic mass is 10.2. The molecule has 0 unspecified atom stereocenters. The van der Waals surface area contributed by atoms with Gasteiger partial charge in [0.1, 0.15) is 5.76 Å². The molecule has 0 aliphatic carbocycles. The predicted molar refractivity (Wildman–Crippen MR) is 94.2 cm³/mol. The molecule has 0 radical (unpaired) electrons. The van der Waals surface area contributed by atoms with Gasteiger partial charge in [0.15, 0.2) is 0 Å². The second-order valence-corrected chi connectivity index (χ2v) is 6.49. The molecular formula is C17H13BrN2O2S. The molecule has 2 aromatic carbocycles. The third-order valence-corrected chi connectivity index (χ3v) is 4.29. The molecule has 0 aliphatic rings. The Morgan fingerprint density at radius 2 is 1.83 bits per heavy atom. The van der Waals surface area contributed by atoms with Crippen molar-refractivity contribution in [1.29, 1.82) is 0 Å². The maximum Gasteiger partial charge on any atom is 0.281 e. The Labute approximate surface area is 146 Å². The summed E-state index contributed by atoms with van der Waals surface area (Å²) in [5.41, 5.74) is 1.84. The van der Waals surface area contributed by atoms with E-state index in [4.69, 9.17) is 4.42 Å². The summed E-state index contributed by atoms with van der Waals surface area (Å²) in [6.07, 6.45) is 0.594. The quantitative estimate of drug-likeness (QED) is 0.488. The van der Waals surface area contributed by atoms with Crippen molar-refractivity contribution in [1.82, 2.24) is 10.2 Å². The van der Waals surface area contributed by atoms with Crippen LogP contribution < -0.4 is 0 Å². The fourth-order valence-electron chi connectivity index (χ4n) is 1.92. The fraction of sp³-hybridized carbons (Fsp3) is 0.0588. The summed E-state index contributed by atoms with van der Waals surface area (Å²) in [4.78, 5) is 0. The number of hydrogen-bond acceptors (Lipinski definition) is 5. The first-order valence-electron chi connectivity index (χ1n) is 6.89. The number of thioether (sulfide) groups is 1. The third-order valence-electron chi connectivity index (χ3n) is 3.06. The highest BCUT2D eigenvalue weighted by Crippen LogP contribution is 2.24. The summed E-state index contributed by atoms with van der Waals surface area (Å²) in [7, 11) is 0. The summed E-state index contributed by atoms with van der Waals surface area (Å²) in [6, 6.07) is 17.3. The molecule has 0 spiro atoms. The van der Waals surface area contributed by atoms with Crippen molar-refractivity contribution in [2.75, 3.05) is 0 Å². The van der Waals surface area contributed by atoms with E-state index >= 15 is 0 Å². The molecule has 1 heterocycles. The minimum Gasteiger partial charge on any atom is -0.507 e. The van der Waals surface area contributed by atoms with E-state index in [2.05, 4.69) is 26.1 Å².